The second-order valence-electron chi connectivity index (χ2n) is 2.08. The molecular formula is C6H7NO2. The highest BCUT2D eigenvalue weighted by atomic mass is 16.2. The van der Waals surface area contributed by atoms with Gasteiger partial charge in [0, 0.05) is 6.42 Å². The molecular weight excluding hydrogens is 118 g/mol. The van der Waals surface area contributed by atoms with E-state index in [4.69, 9.17) is 5.41 Å². The predicted molar refractivity (Wildman–Crippen MR) is 31.6 cm³/mol. The molecule has 1 aliphatic rings. The van der Waals surface area contributed by atoms with Gasteiger partial charge in [-0.1, -0.05) is 0 Å². The third-order valence-electron chi connectivity index (χ3n) is 1.36. The third kappa shape index (κ3) is 1.04. The minimum Gasteiger partial charge on any atom is -0.301 e. The summed E-state index contributed by atoms with van der Waals surface area (Å²) in [5, 5.41) is 6.95. The van der Waals surface area contributed by atoms with Crippen LogP contribution < -0.4 is 0 Å². The zero-order valence-corrected chi connectivity index (χ0v) is 4.94. The summed E-state index contributed by atoms with van der Waals surface area (Å²) in [5.74, 6) is -0.979. The highest BCUT2D eigenvalue weighted by Crippen LogP contribution is 2.06. The van der Waals surface area contributed by atoms with Crippen LogP contribution in [0.25, 0.3) is 0 Å². The fourth-order valence-corrected chi connectivity index (χ4v) is 0.821. The second-order valence-corrected chi connectivity index (χ2v) is 2.08. The summed E-state index contributed by atoms with van der Waals surface area (Å²) in [7, 11) is 0. The van der Waals surface area contributed by atoms with Crippen molar-refractivity contribution in [2.45, 2.75) is 19.3 Å². The van der Waals surface area contributed by atoms with Crippen LogP contribution in [0.1, 0.15) is 19.3 Å². The Morgan fingerprint density at radius 3 is 2.33 bits per heavy atom. The lowest BCUT2D eigenvalue weighted by molar-refractivity contribution is -0.133. The third-order valence-corrected chi connectivity index (χ3v) is 1.36. The van der Waals surface area contributed by atoms with Crippen molar-refractivity contribution in [2.75, 3.05) is 0 Å². The fraction of sp³-hybridized carbons (Fsp3) is 0.500. The lowest BCUT2D eigenvalue weighted by atomic mass is 9.96. The number of nitrogens with one attached hydrogen (secondary N) is 1. The Balaban J connectivity index is 2.74. The fourth-order valence-electron chi connectivity index (χ4n) is 0.821. The summed E-state index contributed by atoms with van der Waals surface area (Å²) in [5.41, 5.74) is -0.0220. The predicted octanol–water partition coefficient (Wildman–Crippen LogP) is 0.328. The molecule has 0 saturated heterocycles. The van der Waals surface area contributed by atoms with Gasteiger partial charge in [-0.2, -0.15) is 0 Å². The quantitative estimate of drug-likeness (QED) is 0.474. The topological polar surface area (TPSA) is 58.0 Å². The van der Waals surface area contributed by atoms with Gasteiger partial charge in [0.2, 0.25) is 11.6 Å². The van der Waals surface area contributed by atoms with Crippen LogP contribution in [-0.2, 0) is 9.59 Å². The number of ketones is 2. The van der Waals surface area contributed by atoms with Gasteiger partial charge in [0.25, 0.3) is 0 Å². The lowest BCUT2D eigenvalue weighted by Crippen LogP contribution is -2.27. The van der Waals surface area contributed by atoms with Crippen LogP contribution in [0.4, 0.5) is 0 Å². The van der Waals surface area contributed by atoms with E-state index < -0.39 is 11.6 Å². The summed E-state index contributed by atoms with van der Waals surface area (Å²) in [6.45, 7) is 0. The van der Waals surface area contributed by atoms with Gasteiger partial charge in [0.15, 0.2) is 0 Å². The first-order chi connectivity index (χ1) is 4.22. The van der Waals surface area contributed by atoms with Crippen LogP contribution in [-0.4, -0.2) is 17.3 Å². The summed E-state index contributed by atoms with van der Waals surface area (Å²) in [4.78, 5) is 21.1. The Hall–Kier alpha value is -0.990. The van der Waals surface area contributed by atoms with E-state index in [2.05, 4.69) is 0 Å². The van der Waals surface area contributed by atoms with Gasteiger partial charge in [-0.3, -0.25) is 9.59 Å². The molecule has 0 atom stereocenters. The molecule has 9 heavy (non-hydrogen) atoms. The molecule has 0 unspecified atom stereocenters. The van der Waals surface area contributed by atoms with Gasteiger partial charge in [0.05, 0.1) is 5.71 Å². The van der Waals surface area contributed by atoms with Crippen molar-refractivity contribution < 1.29 is 9.59 Å². The number of hydrogen-bond acceptors (Lipinski definition) is 3. The molecule has 48 valence electrons. The van der Waals surface area contributed by atoms with Gasteiger partial charge in [-0.25, -0.2) is 0 Å². The van der Waals surface area contributed by atoms with Gasteiger partial charge in [-0.05, 0) is 12.8 Å². The van der Waals surface area contributed by atoms with Gasteiger partial charge < -0.3 is 5.41 Å². The Morgan fingerprint density at radius 1 is 1.22 bits per heavy atom. The molecule has 0 aromatic heterocycles. The molecule has 1 rings (SSSR count). The van der Waals surface area contributed by atoms with Crippen molar-refractivity contribution in [3.05, 3.63) is 0 Å². The molecule has 0 spiro atoms. The van der Waals surface area contributed by atoms with E-state index in [1.165, 1.54) is 0 Å². The highest BCUT2D eigenvalue weighted by molar-refractivity contribution is 6.65. The molecule has 1 aliphatic carbocycles. The first-order valence-corrected chi connectivity index (χ1v) is 2.87. The zero-order valence-electron chi connectivity index (χ0n) is 4.94. The largest absolute Gasteiger partial charge is 0.301 e. The lowest BCUT2D eigenvalue weighted by Gasteiger charge is -2.06. The summed E-state index contributed by atoms with van der Waals surface area (Å²) >= 11 is 0. The molecule has 0 aliphatic heterocycles. The minimum absolute atomic E-state index is 0.0220. The smallest absolute Gasteiger partial charge is 0.241 e. The number of Topliss-reactive ketones (excluding diaryl/α,β-unsaturated/α-hetero) is 2. The van der Waals surface area contributed by atoms with Crippen molar-refractivity contribution in [1.82, 2.24) is 0 Å². The molecule has 0 bridgehead atoms. The van der Waals surface area contributed by atoms with Crippen molar-refractivity contribution in [1.29, 1.82) is 5.41 Å². The molecule has 3 nitrogen and oxygen atoms in total. The van der Waals surface area contributed by atoms with E-state index in [9.17, 15) is 9.59 Å². The average Bonchev–Trinajstić information content (AvgIpc) is 1.83. The molecule has 0 aromatic rings. The van der Waals surface area contributed by atoms with Crippen molar-refractivity contribution in [3.8, 4) is 0 Å². The van der Waals surface area contributed by atoms with E-state index in [1.807, 2.05) is 0 Å². The first-order valence-electron chi connectivity index (χ1n) is 2.87. The van der Waals surface area contributed by atoms with Gasteiger partial charge in [0.1, 0.15) is 0 Å². The molecule has 0 heterocycles. The molecule has 1 N–H and O–H groups in total. The normalized spacial score (nSPS) is 20.7. The van der Waals surface area contributed by atoms with Crippen LogP contribution in [0.2, 0.25) is 0 Å². The van der Waals surface area contributed by atoms with Gasteiger partial charge in [-0.15, -0.1) is 0 Å². The number of carbonyl (C=O) groups is 2. The molecule has 1 saturated carbocycles. The Labute approximate surface area is 52.6 Å². The number of hydrogen-bond donors (Lipinski definition) is 1. The summed E-state index contributed by atoms with van der Waals surface area (Å²) in [6.07, 6.45) is 1.48. The Morgan fingerprint density at radius 2 is 1.89 bits per heavy atom. The van der Waals surface area contributed by atoms with E-state index >= 15 is 0 Å². The molecule has 0 radical (unpaired) electrons. The molecule has 0 amide bonds. The van der Waals surface area contributed by atoms with Crippen molar-refractivity contribution in [3.63, 3.8) is 0 Å². The van der Waals surface area contributed by atoms with Crippen molar-refractivity contribution >= 4 is 17.3 Å². The maximum Gasteiger partial charge on any atom is 0.241 e. The molecule has 3 heteroatoms. The van der Waals surface area contributed by atoms with Crippen LogP contribution in [0.15, 0.2) is 0 Å². The SMILES string of the molecule is N=C1CCCC(=O)C1=O. The minimum atomic E-state index is -0.582. The summed E-state index contributed by atoms with van der Waals surface area (Å²) in [6, 6.07) is 0. The van der Waals surface area contributed by atoms with Crippen LogP contribution in [0.5, 0.6) is 0 Å². The average molecular weight is 125 g/mol. The molecule has 0 aromatic carbocycles. The standard InChI is InChI=1S/C6H7NO2/c7-4-2-1-3-5(8)6(4)9/h7H,1-3H2. The number of carbonyl (C=O) groups excluding carboxylic acids is 2. The van der Waals surface area contributed by atoms with Crippen LogP contribution in [0, 0.1) is 5.41 Å². The maximum absolute atomic E-state index is 10.6. The Bertz CT molecular complexity index is 165. The van der Waals surface area contributed by atoms with Crippen molar-refractivity contribution in [2.24, 2.45) is 0 Å². The van der Waals surface area contributed by atoms with Gasteiger partial charge >= 0.3 is 0 Å². The summed E-state index contributed by atoms with van der Waals surface area (Å²) < 4.78 is 0. The first kappa shape index (κ1) is 6.13. The molecule has 1 fully saturated rings. The monoisotopic (exact) mass is 125 g/mol. The highest BCUT2D eigenvalue weighted by Gasteiger charge is 2.22. The number of rotatable bonds is 0. The zero-order chi connectivity index (χ0) is 6.85. The van der Waals surface area contributed by atoms with Crippen LogP contribution >= 0.6 is 0 Å². The Kier molecular flexibility index (Phi) is 1.42. The van der Waals surface area contributed by atoms with Crippen LogP contribution in [0.3, 0.4) is 0 Å². The van der Waals surface area contributed by atoms with E-state index in [0.29, 0.717) is 19.3 Å². The van der Waals surface area contributed by atoms with E-state index in [-0.39, 0.29) is 5.71 Å². The van der Waals surface area contributed by atoms with E-state index in [0.717, 1.165) is 0 Å². The van der Waals surface area contributed by atoms with E-state index in [1.54, 1.807) is 0 Å². The maximum atomic E-state index is 10.6. The second kappa shape index (κ2) is 2.09.